The second-order valence-corrected chi connectivity index (χ2v) is 5.82. The number of hydrogen-bond acceptors (Lipinski definition) is 4. The fourth-order valence-electron chi connectivity index (χ4n) is 2.31. The lowest BCUT2D eigenvalue weighted by Crippen LogP contribution is -2.07. The van der Waals surface area contributed by atoms with Crippen LogP contribution < -0.4 is 4.84 Å². The second-order valence-electron chi connectivity index (χ2n) is 5.82. The molecule has 25 heavy (non-hydrogen) atoms. The van der Waals surface area contributed by atoms with Gasteiger partial charge in [0.1, 0.15) is 6.20 Å². The summed E-state index contributed by atoms with van der Waals surface area (Å²) in [5.74, 6) is -1.47. The molecule has 1 N–H and O–H groups in total. The van der Waals surface area contributed by atoms with E-state index in [9.17, 15) is 9.18 Å². The molecule has 128 valence electrons. The maximum Gasteiger partial charge on any atom is 0.358 e. The van der Waals surface area contributed by atoms with Crippen molar-refractivity contribution in [1.29, 1.82) is 0 Å². The highest BCUT2D eigenvalue weighted by Gasteiger charge is 2.12. The van der Waals surface area contributed by atoms with E-state index in [1.54, 1.807) is 6.07 Å². The Kier molecular flexibility index (Phi) is 4.47. The SMILES string of the molecule is CC(C)c1ccc(-c2ccc(On3cc(C(=O)O)nn3)c(F)c2)cc1. The minimum absolute atomic E-state index is 0.0793. The zero-order chi connectivity index (χ0) is 18.0. The van der Waals surface area contributed by atoms with Gasteiger partial charge < -0.3 is 9.94 Å². The van der Waals surface area contributed by atoms with Crippen LogP contribution in [0.2, 0.25) is 0 Å². The average molecular weight is 341 g/mol. The summed E-state index contributed by atoms with van der Waals surface area (Å²) < 4.78 is 14.3. The minimum Gasteiger partial charge on any atom is -0.476 e. The van der Waals surface area contributed by atoms with Crippen LogP contribution in [-0.2, 0) is 0 Å². The first-order valence-electron chi connectivity index (χ1n) is 7.68. The van der Waals surface area contributed by atoms with Gasteiger partial charge in [-0.3, -0.25) is 0 Å². The fourth-order valence-corrected chi connectivity index (χ4v) is 2.31. The van der Waals surface area contributed by atoms with Crippen molar-refractivity contribution in [3.63, 3.8) is 0 Å². The average Bonchev–Trinajstić information content (AvgIpc) is 3.06. The number of benzene rings is 2. The third-order valence-electron chi connectivity index (χ3n) is 3.73. The maximum atomic E-state index is 14.3. The molecule has 6 nitrogen and oxygen atoms in total. The molecule has 0 amide bonds. The number of halogens is 1. The molecule has 0 unspecified atom stereocenters. The van der Waals surface area contributed by atoms with Crippen molar-refractivity contribution in [2.24, 2.45) is 0 Å². The van der Waals surface area contributed by atoms with Crippen molar-refractivity contribution in [1.82, 2.24) is 15.2 Å². The van der Waals surface area contributed by atoms with Gasteiger partial charge in [-0.15, -0.1) is 5.10 Å². The molecule has 0 bridgehead atoms. The van der Waals surface area contributed by atoms with Crippen LogP contribution in [-0.4, -0.2) is 26.2 Å². The van der Waals surface area contributed by atoms with Gasteiger partial charge in [0.25, 0.3) is 0 Å². The number of carboxylic acid groups (broad SMARTS) is 1. The smallest absolute Gasteiger partial charge is 0.358 e. The van der Waals surface area contributed by atoms with E-state index in [1.165, 1.54) is 17.7 Å². The molecule has 0 spiro atoms. The standard InChI is InChI=1S/C18H16FN3O3/c1-11(2)12-3-5-13(6-4-12)14-7-8-17(15(19)9-14)25-22-10-16(18(23)24)20-21-22/h3-11H,1-2H3,(H,23,24). The summed E-state index contributed by atoms with van der Waals surface area (Å²) in [7, 11) is 0. The highest BCUT2D eigenvalue weighted by Crippen LogP contribution is 2.27. The maximum absolute atomic E-state index is 14.3. The highest BCUT2D eigenvalue weighted by molar-refractivity contribution is 5.84. The van der Waals surface area contributed by atoms with E-state index in [0.717, 1.165) is 16.6 Å². The van der Waals surface area contributed by atoms with Crippen molar-refractivity contribution in [2.75, 3.05) is 0 Å². The molecule has 1 aromatic heterocycles. The van der Waals surface area contributed by atoms with Crippen molar-refractivity contribution >= 4 is 5.97 Å². The number of aromatic carboxylic acids is 1. The molecule has 0 atom stereocenters. The predicted molar refractivity (Wildman–Crippen MR) is 88.9 cm³/mol. The number of carbonyl (C=O) groups is 1. The van der Waals surface area contributed by atoms with Crippen molar-refractivity contribution in [3.05, 3.63) is 65.7 Å². The monoisotopic (exact) mass is 341 g/mol. The van der Waals surface area contributed by atoms with Gasteiger partial charge >= 0.3 is 5.97 Å². The molecule has 7 heteroatoms. The topological polar surface area (TPSA) is 77.2 Å². The van der Waals surface area contributed by atoms with Gasteiger partial charge in [-0.2, -0.15) is 0 Å². The van der Waals surface area contributed by atoms with E-state index in [2.05, 4.69) is 24.2 Å². The van der Waals surface area contributed by atoms with Crippen LogP contribution in [0.1, 0.15) is 35.8 Å². The Labute approximate surface area is 143 Å². The lowest BCUT2D eigenvalue weighted by Gasteiger charge is -2.09. The van der Waals surface area contributed by atoms with E-state index >= 15 is 0 Å². The van der Waals surface area contributed by atoms with E-state index < -0.39 is 11.8 Å². The molecule has 3 rings (SSSR count). The van der Waals surface area contributed by atoms with Crippen LogP contribution in [0.4, 0.5) is 4.39 Å². The lowest BCUT2D eigenvalue weighted by molar-refractivity contribution is 0.0689. The quantitative estimate of drug-likeness (QED) is 0.765. The van der Waals surface area contributed by atoms with Crippen LogP contribution in [0.15, 0.2) is 48.7 Å². The summed E-state index contributed by atoms with van der Waals surface area (Å²) in [6.07, 6.45) is 1.06. The summed E-state index contributed by atoms with van der Waals surface area (Å²) in [5, 5.41) is 15.7. The lowest BCUT2D eigenvalue weighted by atomic mass is 9.99. The van der Waals surface area contributed by atoms with Gasteiger partial charge in [-0.1, -0.05) is 49.0 Å². The summed E-state index contributed by atoms with van der Waals surface area (Å²) in [5.41, 5.74) is 2.53. The van der Waals surface area contributed by atoms with E-state index in [0.29, 0.717) is 11.5 Å². The van der Waals surface area contributed by atoms with E-state index in [4.69, 9.17) is 9.94 Å². The first-order valence-corrected chi connectivity index (χ1v) is 7.68. The second kappa shape index (κ2) is 6.72. The number of nitrogens with zero attached hydrogens (tertiary/aromatic N) is 3. The van der Waals surface area contributed by atoms with Crippen molar-refractivity contribution in [2.45, 2.75) is 19.8 Å². The first-order chi connectivity index (χ1) is 11.9. The summed E-state index contributed by atoms with van der Waals surface area (Å²) in [6.45, 7) is 4.22. The number of hydrogen-bond donors (Lipinski definition) is 1. The Morgan fingerprint density at radius 1 is 1.16 bits per heavy atom. The predicted octanol–water partition coefficient (Wildman–Crippen LogP) is 3.75. The molecule has 2 aromatic carbocycles. The molecule has 0 fully saturated rings. The summed E-state index contributed by atoms with van der Waals surface area (Å²) >= 11 is 0. The summed E-state index contributed by atoms with van der Waals surface area (Å²) in [6, 6.07) is 12.5. The largest absolute Gasteiger partial charge is 0.476 e. The molecule has 0 saturated carbocycles. The molecular weight excluding hydrogens is 325 g/mol. The van der Waals surface area contributed by atoms with E-state index in [1.807, 2.05) is 24.3 Å². The van der Waals surface area contributed by atoms with Gasteiger partial charge in [0.2, 0.25) is 0 Å². The molecule has 0 aliphatic carbocycles. The Morgan fingerprint density at radius 3 is 2.40 bits per heavy atom. The molecule has 0 aliphatic heterocycles. The Hall–Kier alpha value is -3.22. The number of aromatic nitrogens is 3. The first kappa shape index (κ1) is 16.6. The minimum atomic E-state index is -1.24. The zero-order valence-electron chi connectivity index (χ0n) is 13.7. The van der Waals surface area contributed by atoms with E-state index in [-0.39, 0.29) is 11.4 Å². The third-order valence-corrected chi connectivity index (χ3v) is 3.73. The van der Waals surface area contributed by atoms with Crippen molar-refractivity contribution in [3.8, 4) is 16.9 Å². The van der Waals surface area contributed by atoms with Crippen molar-refractivity contribution < 1.29 is 19.1 Å². The van der Waals surface area contributed by atoms with Crippen LogP contribution in [0.5, 0.6) is 5.75 Å². The van der Waals surface area contributed by atoms with Crippen LogP contribution >= 0.6 is 0 Å². The fraction of sp³-hybridized carbons (Fsp3) is 0.167. The normalized spacial score (nSPS) is 10.9. The van der Waals surface area contributed by atoms with Crippen LogP contribution in [0, 0.1) is 5.82 Å². The molecular formula is C18H16FN3O3. The molecule has 0 aliphatic rings. The van der Waals surface area contributed by atoms with Gasteiger partial charge in [0, 0.05) is 0 Å². The van der Waals surface area contributed by atoms with Gasteiger partial charge in [-0.05, 0) is 40.0 Å². The zero-order valence-corrected chi connectivity index (χ0v) is 13.7. The number of rotatable bonds is 5. The van der Waals surface area contributed by atoms with Crippen LogP contribution in [0.3, 0.4) is 0 Å². The summed E-state index contributed by atoms with van der Waals surface area (Å²) in [4.78, 5) is 16.7. The molecule has 0 radical (unpaired) electrons. The van der Waals surface area contributed by atoms with Gasteiger partial charge in [0.15, 0.2) is 17.3 Å². The van der Waals surface area contributed by atoms with Gasteiger partial charge in [0.05, 0.1) is 0 Å². The Balaban J connectivity index is 1.81. The van der Waals surface area contributed by atoms with Gasteiger partial charge in [-0.25, -0.2) is 9.18 Å². The van der Waals surface area contributed by atoms with Crippen LogP contribution in [0.25, 0.3) is 11.1 Å². The Morgan fingerprint density at radius 2 is 1.84 bits per heavy atom. The Bertz CT molecular complexity index is 904. The number of carboxylic acids is 1. The molecule has 3 aromatic rings. The molecule has 1 heterocycles. The molecule has 0 saturated heterocycles. The third kappa shape index (κ3) is 3.65. The highest BCUT2D eigenvalue weighted by atomic mass is 19.1.